The van der Waals surface area contributed by atoms with E-state index >= 15 is 0 Å². The molecular formula is C12H11F3I2N2O. The summed E-state index contributed by atoms with van der Waals surface area (Å²) in [5.74, 6) is 0.174. The van der Waals surface area contributed by atoms with Crippen LogP contribution in [-0.4, -0.2) is 9.97 Å². The smallest absolute Gasteiger partial charge is 0.369 e. The van der Waals surface area contributed by atoms with Gasteiger partial charge in [0.15, 0.2) is 5.69 Å². The summed E-state index contributed by atoms with van der Waals surface area (Å²) in [6.07, 6.45) is -4.44. The molecule has 0 amide bonds. The van der Waals surface area contributed by atoms with Gasteiger partial charge in [0.1, 0.15) is 16.1 Å². The standard InChI is InChI=1S/C12H10F3IN2O.HI/c13-12(14,15)10-11(16)18-9(17-10)7-19-6-8-4-2-1-3-5-8;/h1-5H,6-7H2,(H,17,18);1H. The summed E-state index contributed by atoms with van der Waals surface area (Å²) in [5, 5.41) is 0. The highest BCUT2D eigenvalue weighted by molar-refractivity contribution is 14.1. The average Bonchev–Trinajstić information content (AvgIpc) is 2.72. The van der Waals surface area contributed by atoms with Crippen LogP contribution < -0.4 is 0 Å². The zero-order chi connectivity index (χ0) is 13.9. The van der Waals surface area contributed by atoms with Crippen molar-refractivity contribution < 1.29 is 17.9 Å². The van der Waals surface area contributed by atoms with Gasteiger partial charge in [-0.05, 0) is 28.2 Å². The number of imidazole rings is 1. The van der Waals surface area contributed by atoms with Crippen molar-refractivity contribution in [3.8, 4) is 0 Å². The van der Waals surface area contributed by atoms with E-state index in [-0.39, 0.29) is 40.1 Å². The molecule has 2 rings (SSSR count). The van der Waals surface area contributed by atoms with Gasteiger partial charge in [0.05, 0.1) is 6.61 Å². The number of aromatic nitrogens is 2. The number of halogens is 5. The minimum atomic E-state index is -4.44. The molecule has 1 aromatic carbocycles. The topological polar surface area (TPSA) is 37.9 Å². The highest BCUT2D eigenvalue weighted by atomic mass is 127. The van der Waals surface area contributed by atoms with Crippen LogP contribution >= 0.6 is 46.6 Å². The van der Waals surface area contributed by atoms with Crippen molar-refractivity contribution in [2.45, 2.75) is 19.4 Å². The molecule has 0 atom stereocenters. The first kappa shape index (κ1) is 17.7. The molecule has 0 aliphatic rings. The molecule has 3 nitrogen and oxygen atoms in total. The lowest BCUT2D eigenvalue weighted by Gasteiger charge is -2.02. The van der Waals surface area contributed by atoms with Crippen LogP contribution in [0.25, 0.3) is 0 Å². The van der Waals surface area contributed by atoms with Gasteiger partial charge in [-0.3, -0.25) is 0 Å². The summed E-state index contributed by atoms with van der Waals surface area (Å²) in [6.45, 7) is 0.348. The van der Waals surface area contributed by atoms with Crippen molar-refractivity contribution in [3.05, 3.63) is 51.1 Å². The lowest BCUT2D eigenvalue weighted by molar-refractivity contribution is -0.141. The number of benzene rings is 1. The van der Waals surface area contributed by atoms with Crippen LogP contribution in [0.4, 0.5) is 13.2 Å². The van der Waals surface area contributed by atoms with Crippen LogP contribution in [0.15, 0.2) is 30.3 Å². The van der Waals surface area contributed by atoms with Crippen LogP contribution in [0.2, 0.25) is 0 Å². The van der Waals surface area contributed by atoms with Gasteiger partial charge in [-0.25, -0.2) is 4.98 Å². The van der Waals surface area contributed by atoms with Crippen LogP contribution in [-0.2, 0) is 24.1 Å². The number of hydrogen-bond donors (Lipinski definition) is 1. The summed E-state index contributed by atoms with van der Waals surface area (Å²) in [6, 6.07) is 9.39. The maximum atomic E-state index is 12.5. The number of H-pyrrole nitrogens is 1. The minimum absolute atomic E-state index is 0. The Morgan fingerprint density at radius 2 is 1.80 bits per heavy atom. The van der Waals surface area contributed by atoms with Gasteiger partial charge in [-0.1, -0.05) is 30.3 Å². The van der Waals surface area contributed by atoms with Crippen LogP contribution in [0.5, 0.6) is 0 Å². The normalized spacial score (nSPS) is 11.2. The molecule has 0 saturated carbocycles. The zero-order valence-corrected chi connectivity index (χ0v) is 14.6. The molecule has 20 heavy (non-hydrogen) atoms. The molecule has 2 aromatic rings. The Hall–Kier alpha value is -0.360. The van der Waals surface area contributed by atoms with E-state index in [1.807, 2.05) is 30.3 Å². The van der Waals surface area contributed by atoms with Gasteiger partial charge in [0, 0.05) is 0 Å². The van der Waals surface area contributed by atoms with E-state index in [2.05, 4.69) is 9.97 Å². The van der Waals surface area contributed by atoms with Gasteiger partial charge in [0.25, 0.3) is 0 Å². The first-order valence-corrected chi connectivity index (χ1v) is 6.48. The number of hydrogen-bond acceptors (Lipinski definition) is 2. The number of nitrogens with one attached hydrogen (secondary N) is 1. The summed E-state index contributed by atoms with van der Waals surface area (Å²) < 4.78 is 42.9. The predicted octanol–water partition coefficient (Wildman–Crippen LogP) is 4.37. The molecule has 0 radical (unpaired) electrons. The second-order valence-corrected chi connectivity index (χ2v) is 4.90. The SMILES string of the molecule is FC(F)(F)c1nc(COCc2ccccc2)[nH]c1I.I. The third-order valence-corrected chi connectivity index (χ3v) is 3.11. The van der Waals surface area contributed by atoms with Crippen LogP contribution in [0.1, 0.15) is 17.1 Å². The second kappa shape index (κ2) is 7.59. The largest absolute Gasteiger partial charge is 0.435 e. The Labute approximate surface area is 144 Å². The van der Waals surface area contributed by atoms with Crippen molar-refractivity contribution in [2.75, 3.05) is 0 Å². The molecular weight excluding hydrogens is 499 g/mol. The van der Waals surface area contributed by atoms with Crippen LogP contribution in [0, 0.1) is 3.70 Å². The number of alkyl halides is 3. The lowest BCUT2D eigenvalue weighted by atomic mass is 10.2. The third-order valence-electron chi connectivity index (χ3n) is 2.33. The van der Waals surface area contributed by atoms with E-state index in [4.69, 9.17) is 4.74 Å². The van der Waals surface area contributed by atoms with Gasteiger partial charge in [-0.2, -0.15) is 13.2 Å². The van der Waals surface area contributed by atoms with E-state index in [0.717, 1.165) is 5.56 Å². The molecule has 0 saturated heterocycles. The van der Waals surface area contributed by atoms with E-state index in [9.17, 15) is 13.2 Å². The molecule has 0 unspecified atom stereocenters. The molecule has 0 aliphatic heterocycles. The fourth-order valence-electron chi connectivity index (χ4n) is 1.49. The van der Waals surface area contributed by atoms with E-state index < -0.39 is 11.9 Å². The predicted molar refractivity (Wildman–Crippen MR) is 86.7 cm³/mol. The lowest BCUT2D eigenvalue weighted by Crippen LogP contribution is -2.07. The fraction of sp³-hybridized carbons (Fsp3) is 0.250. The molecule has 0 bridgehead atoms. The van der Waals surface area contributed by atoms with Gasteiger partial charge in [-0.15, -0.1) is 24.0 Å². The fourth-order valence-corrected chi connectivity index (χ4v) is 2.23. The summed E-state index contributed by atoms with van der Waals surface area (Å²) in [7, 11) is 0. The van der Waals surface area contributed by atoms with E-state index in [1.54, 1.807) is 22.6 Å². The molecule has 1 N–H and O–H groups in total. The second-order valence-electron chi connectivity index (χ2n) is 3.82. The molecule has 0 spiro atoms. The molecule has 8 heteroatoms. The first-order valence-electron chi connectivity index (χ1n) is 5.40. The van der Waals surface area contributed by atoms with Gasteiger partial charge < -0.3 is 9.72 Å². The van der Waals surface area contributed by atoms with Crippen molar-refractivity contribution >= 4 is 46.6 Å². The summed E-state index contributed by atoms with van der Waals surface area (Å²) >= 11 is 1.58. The number of nitrogens with zero attached hydrogens (tertiary/aromatic N) is 1. The Balaban J connectivity index is 0.00000200. The maximum absolute atomic E-state index is 12.5. The van der Waals surface area contributed by atoms with Crippen molar-refractivity contribution in [3.63, 3.8) is 0 Å². The van der Waals surface area contributed by atoms with Crippen LogP contribution in [0.3, 0.4) is 0 Å². The summed E-state index contributed by atoms with van der Waals surface area (Å²) in [5.41, 5.74) is 0.0613. The number of rotatable bonds is 4. The van der Waals surface area contributed by atoms with Crippen molar-refractivity contribution in [1.29, 1.82) is 0 Å². The number of aromatic amines is 1. The number of ether oxygens (including phenoxy) is 1. The molecule has 110 valence electrons. The third kappa shape index (κ3) is 4.88. The first-order chi connectivity index (χ1) is 8.97. The Bertz CT molecular complexity index is 543. The molecule has 1 aromatic heterocycles. The van der Waals surface area contributed by atoms with E-state index in [0.29, 0.717) is 6.61 Å². The van der Waals surface area contributed by atoms with Gasteiger partial charge in [0.2, 0.25) is 0 Å². The highest BCUT2D eigenvalue weighted by Gasteiger charge is 2.36. The Morgan fingerprint density at radius 3 is 2.35 bits per heavy atom. The minimum Gasteiger partial charge on any atom is -0.369 e. The quantitative estimate of drug-likeness (QED) is 0.622. The Kier molecular flexibility index (Phi) is 6.72. The maximum Gasteiger partial charge on any atom is 0.435 e. The van der Waals surface area contributed by atoms with Gasteiger partial charge >= 0.3 is 6.18 Å². The zero-order valence-electron chi connectivity index (χ0n) is 10.1. The molecule has 0 fully saturated rings. The van der Waals surface area contributed by atoms with Crippen molar-refractivity contribution in [2.24, 2.45) is 0 Å². The average molecular weight is 510 g/mol. The summed E-state index contributed by atoms with van der Waals surface area (Å²) in [4.78, 5) is 6.07. The highest BCUT2D eigenvalue weighted by Crippen LogP contribution is 2.31. The Morgan fingerprint density at radius 1 is 1.15 bits per heavy atom. The molecule has 0 aliphatic carbocycles. The molecule has 1 heterocycles. The monoisotopic (exact) mass is 510 g/mol. The van der Waals surface area contributed by atoms with E-state index in [1.165, 1.54) is 0 Å². The van der Waals surface area contributed by atoms with Crippen molar-refractivity contribution in [1.82, 2.24) is 9.97 Å².